The summed E-state index contributed by atoms with van der Waals surface area (Å²) >= 11 is 0. The number of hydrogen-bond donors (Lipinski definition) is 4. The predicted molar refractivity (Wildman–Crippen MR) is 194 cm³/mol. The molecule has 0 saturated carbocycles. The lowest BCUT2D eigenvalue weighted by atomic mass is 9.94. The molecular formula is C36H44FN7O8S. The van der Waals surface area contributed by atoms with Gasteiger partial charge in [0, 0.05) is 37.8 Å². The lowest BCUT2D eigenvalue weighted by Gasteiger charge is -2.34. The maximum Gasteiger partial charge on any atom is 0.438 e. The molecule has 17 heteroatoms. The van der Waals surface area contributed by atoms with Crippen molar-refractivity contribution in [1.29, 1.82) is 0 Å². The van der Waals surface area contributed by atoms with Crippen molar-refractivity contribution in [1.82, 2.24) is 19.9 Å². The lowest BCUT2D eigenvalue weighted by molar-refractivity contribution is -0.134. The van der Waals surface area contributed by atoms with E-state index in [0.29, 0.717) is 24.6 Å². The van der Waals surface area contributed by atoms with Crippen molar-refractivity contribution in [3.05, 3.63) is 78.2 Å². The fraction of sp³-hybridized carbons (Fsp3) is 0.389. The summed E-state index contributed by atoms with van der Waals surface area (Å²) in [5.74, 6) is -1.48. The normalized spacial score (nSPS) is 14.2. The van der Waals surface area contributed by atoms with E-state index in [1.165, 1.54) is 6.20 Å². The topological polar surface area (TPSA) is 211 Å². The number of nitrogens with zero attached hydrogens (tertiary/aromatic N) is 3. The molecule has 15 nitrogen and oxygen atoms in total. The predicted octanol–water partition coefficient (Wildman–Crippen LogP) is 4.69. The Kier molecular flexibility index (Phi) is 14.8. The monoisotopic (exact) mass is 753 g/mol. The van der Waals surface area contributed by atoms with Gasteiger partial charge in [-0.05, 0) is 61.4 Å². The molecule has 2 heterocycles. The van der Waals surface area contributed by atoms with Crippen molar-refractivity contribution in [2.24, 2.45) is 16.6 Å². The van der Waals surface area contributed by atoms with Crippen LogP contribution in [0.1, 0.15) is 57.9 Å². The Morgan fingerprint density at radius 1 is 1.06 bits per heavy atom. The fourth-order valence-electron chi connectivity index (χ4n) is 5.63. The number of alkyl carbamates (subject to hydrolysis) is 1. The number of halogens is 1. The number of nitrogens with two attached hydrogens (primary N) is 1. The lowest BCUT2D eigenvalue weighted by Crippen LogP contribution is -2.51. The number of anilines is 1. The molecule has 3 aromatic rings. The smallest absolute Gasteiger partial charge is 0.438 e. The summed E-state index contributed by atoms with van der Waals surface area (Å²) in [5.41, 5.74) is 6.33. The largest absolute Gasteiger partial charge is 0.443 e. The second-order valence-electron chi connectivity index (χ2n) is 12.2. The molecule has 53 heavy (non-hydrogen) atoms. The molecule has 4 rings (SSSR count). The average molecular weight is 754 g/mol. The van der Waals surface area contributed by atoms with Crippen LogP contribution in [0.15, 0.2) is 76.7 Å². The van der Waals surface area contributed by atoms with Gasteiger partial charge in [0.15, 0.2) is 0 Å². The summed E-state index contributed by atoms with van der Waals surface area (Å²) in [6.45, 7) is 4.34. The highest BCUT2D eigenvalue weighted by Crippen LogP contribution is 2.34. The number of benzene rings is 2. The van der Waals surface area contributed by atoms with Gasteiger partial charge < -0.3 is 30.7 Å². The number of aromatic nitrogens is 1. The van der Waals surface area contributed by atoms with Crippen molar-refractivity contribution in [2.75, 3.05) is 25.0 Å². The van der Waals surface area contributed by atoms with Crippen LogP contribution in [-0.4, -0.2) is 74.0 Å². The maximum atomic E-state index is 15.1. The number of hydrogen-bond acceptors (Lipinski definition) is 9. The van der Waals surface area contributed by atoms with Gasteiger partial charge in [-0.2, -0.15) is 4.72 Å². The van der Waals surface area contributed by atoms with Crippen molar-refractivity contribution < 1.29 is 41.5 Å². The van der Waals surface area contributed by atoms with E-state index < -0.39 is 56.8 Å². The van der Waals surface area contributed by atoms with Crippen molar-refractivity contribution in [3.63, 3.8) is 0 Å². The SMILES string of the molecule is CCC(=O)Nc1c(-c2ccccn2)cc(F)cc1S(=O)(=O)NC(CCCNC(=O)OC(N)=NC(=O)OCc1ccccc1)C(=O)N1CCC(CC)CC1. The Labute approximate surface area is 307 Å². The molecule has 5 N–H and O–H groups in total. The minimum Gasteiger partial charge on any atom is -0.443 e. The van der Waals surface area contributed by atoms with Gasteiger partial charge in [0.1, 0.15) is 23.4 Å². The molecule has 2 aromatic carbocycles. The molecule has 0 bridgehead atoms. The van der Waals surface area contributed by atoms with E-state index in [0.717, 1.165) is 31.4 Å². The second-order valence-corrected chi connectivity index (χ2v) is 13.9. The van der Waals surface area contributed by atoms with Crippen LogP contribution in [0.4, 0.5) is 19.7 Å². The van der Waals surface area contributed by atoms with E-state index in [9.17, 15) is 27.6 Å². The number of carbonyl (C=O) groups excluding carboxylic acids is 4. The van der Waals surface area contributed by atoms with Gasteiger partial charge in [0.2, 0.25) is 21.8 Å². The second kappa shape index (κ2) is 19.4. The number of nitrogens with one attached hydrogen (secondary N) is 3. The number of aliphatic imine (C=N–C) groups is 1. The summed E-state index contributed by atoms with van der Waals surface area (Å²) in [6, 6.07) is 13.4. The van der Waals surface area contributed by atoms with Crippen LogP contribution in [0.3, 0.4) is 0 Å². The summed E-state index contributed by atoms with van der Waals surface area (Å²) in [7, 11) is -4.67. The van der Waals surface area contributed by atoms with Gasteiger partial charge in [-0.1, -0.05) is 56.7 Å². The third kappa shape index (κ3) is 12.1. The zero-order valence-corrected chi connectivity index (χ0v) is 30.4. The highest BCUT2D eigenvalue weighted by molar-refractivity contribution is 7.89. The average Bonchev–Trinajstić information content (AvgIpc) is 3.16. The van der Waals surface area contributed by atoms with Crippen LogP contribution in [0, 0.1) is 11.7 Å². The molecule has 0 aliphatic carbocycles. The summed E-state index contributed by atoms with van der Waals surface area (Å²) in [4.78, 5) is 59.3. The molecule has 0 spiro atoms. The molecule has 1 unspecified atom stereocenters. The standard InChI is InChI=1S/C36H44FN7O8S/c1-3-24-15-19-44(20-16-24)33(46)29(14-10-18-40-35(47)52-34(38)42-36(48)51-23-25-11-6-5-7-12-25)43-53(49,50)30-22-26(37)21-27(28-13-8-9-17-39-28)32(30)41-31(45)4-2/h5-9,11-13,17,21-22,24,29,43H,3-4,10,14-16,18-20,23H2,1-2H3,(H,40,47)(H,41,45)(H2,38,42,48). The summed E-state index contributed by atoms with van der Waals surface area (Å²) in [5, 5.41) is 4.99. The highest BCUT2D eigenvalue weighted by Gasteiger charge is 2.33. The van der Waals surface area contributed by atoms with E-state index in [1.807, 2.05) is 0 Å². The maximum absolute atomic E-state index is 15.1. The molecule has 4 amide bonds. The van der Waals surface area contributed by atoms with E-state index in [4.69, 9.17) is 15.2 Å². The minimum atomic E-state index is -4.67. The quantitative estimate of drug-likeness (QED) is 0.101. The van der Waals surface area contributed by atoms with Gasteiger partial charge in [0.25, 0.3) is 0 Å². The number of piperidine rings is 1. The van der Waals surface area contributed by atoms with E-state index >= 15 is 4.39 Å². The molecule has 0 radical (unpaired) electrons. The number of amidine groups is 1. The molecule has 1 aliphatic rings. The third-order valence-electron chi connectivity index (χ3n) is 8.52. The van der Waals surface area contributed by atoms with E-state index in [-0.39, 0.29) is 49.4 Å². The summed E-state index contributed by atoms with van der Waals surface area (Å²) < 4.78 is 55.4. The molecule has 1 saturated heterocycles. The Hall–Kier alpha value is -5.42. The van der Waals surface area contributed by atoms with Gasteiger partial charge in [-0.25, -0.2) is 22.4 Å². The Morgan fingerprint density at radius 3 is 2.43 bits per heavy atom. The third-order valence-corrected chi connectivity index (χ3v) is 10.0. The van der Waals surface area contributed by atoms with Gasteiger partial charge in [-0.15, -0.1) is 4.99 Å². The van der Waals surface area contributed by atoms with E-state index in [2.05, 4.69) is 32.3 Å². The Balaban J connectivity index is 1.48. The minimum absolute atomic E-state index is 0.00601. The zero-order valence-electron chi connectivity index (χ0n) is 29.5. The first kappa shape index (κ1) is 40.4. The molecule has 1 aliphatic heterocycles. The molecule has 284 valence electrons. The van der Waals surface area contributed by atoms with E-state index in [1.54, 1.807) is 60.4 Å². The van der Waals surface area contributed by atoms with Crippen LogP contribution in [0.25, 0.3) is 11.3 Å². The van der Waals surface area contributed by atoms with Crippen molar-refractivity contribution in [2.45, 2.75) is 69.9 Å². The highest BCUT2D eigenvalue weighted by atomic mass is 32.2. The number of likely N-dealkylation sites (tertiary alicyclic amines) is 1. The van der Waals surface area contributed by atoms with Crippen molar-refractivity contribution in [3.8, 4) is 11.3 Å². The fourth-order valence-corrected chi connectivity index (χ4v) is 7.05. The van der Waals surface area contributed by atoms with Crippen LogP contribution in [0.5, 0.6) is 0 Å². The number of amides is 4. The van der Waals surface area contributed by atoms with Crippen molar-refractivity contribution >= 4 is 45.7 Å². The molecular weight excluding hydrogens is 710 g/mol. The van der Waals surface area contributed by atoms with Crippen LogP contribution < -0.4 is 21.1 Å². The van der Waals surface area contributed by atoms with Gasteiger partial charge >= 0.3 is 18.2 Å². The number of pyridine rings is 1. The van der Waals surface area contributed by atoms with Gasteiger partial charge in [-0.3, -0.25) is 14.6 Å². The van der Waals surface area contributed by atoms with Crippen LogP contribution in [0.2, 0.25) is 0 Å². The number of rotatable bonds is 14. The molecule has 1 aromatic heterocycles. The first-order valence-electron chi connectivity index (χ1n) is 17.3. The first-order chi connectivity index (χ1) is 25.4. The van der Waals surface area contributed by atoms with Crippen LogP contribution >= 0.6 is 0 Å². The first-order valence-corrected chi connectivity index (χ1v) is 18.7. The Bertz CT molecular complexity index is 1870. The Morgan fingerprint density at radius 2 is 1.77 bits per heavy atom. The summed E-state index contributed by atoms with van der Waals surface area (Å²) in [6.07, 6.45) is 1.79. The number of sulfonamides is 1. The zero-order chi connectivity index (χ0) is 38.4. The van der Waals surface area contributed by atoms with Gasteiger partial charge in [0.05, 0.1) is 11.4 Å². The molecule has 1 fully saturated rings. The number of ether oxygens (including phenoxy) is 2. The van der Waals surface area contributed by atoms with Crippen LogP contribution in [-0.2, 0) is 35.7 Å². The molecule has 1 atom stereocenters. The number of carbonyl (C=O) groups is 4.